The highest BCUT2D eigenvalue weighted by atomic mass is 35.5. The van der Waals surface area contributed by atoms with E-state index in [1.807, 2.05) is 32.6 Å². The summed E-state index contributed by atoms with van der Waals surface area (Å²) in [5.74, 6) is 1.08. The van der Waals surface area contributed by atoms with Crippen LogP contribution in [0.3, 0.4) is 0 Å². The highest BCUT2D eigenvalue weighted by Gasteiger charge is 2.24. The van der Waals surface area contributed by atoms with Crippen LogP contribution in [0.1, 0.15) is 63.8 Å². The topological polar surface area (TPSA) is 46.1 Å². The van der Waals surface area contributed by atoms with Crippen LogP contribution in [0.5, 0.6) is 0 Å². The van der Waals surface area contributed by atoms with Crippen molar-refractivity contribution in [2.24, 2.45) is 5.92 Å². The van der Waals surface area contributed by atoms with Crippen molar-refractivity contribution in [3.8, 4) is 0 Å². The van der Waals surface area contributed by atoms with Gasteiger partial charge in [-0.2, -0.15) is 0 Å². The minimum absolute atomic E-state index is 0.110. The predicted molar refractivity (Wildman–Crippen MR) is 82.1 cm³/mol. The standard InChI is InChI=1S/C15H24ClN3O/c1-9(2)8-19(11(5)6)15(20)13-12(16)7-17-14(18-13)10(3)4/h7,9-11H,8H2,1-6H3. The molecule has 1 aromatic heterocycles. The first-order valence-corrected chi connectivity index (χ1v) is 7.45. The summed E-state index contributed by atoms with van der Waals surface area (Å²) in [7, 11) is 0. The minimum atomic E-state index is -0.122. The molecule has 0 fully saturated rings. The highest BCUT2D eigenvalue weighted by Crippen LogP contribution is 2.19. The largest absolute Gasteiger partial charge is 0.335 e. The summed E-state index contributed by atoms with van der Waals surface area (Å²) in [6, 6.07) is 0.110. The van der Waals surface area contributed by atoms with E-state index in [1.165, 1.54) is 6.20 Å². The van der Waals surface area contributed by atoms with E-state index in [2.05, 4.69) is 23.8 Å². The Morgan fingerprint density at radius 2 is 1.85 bits per heavy atom. The Hall–Kier alpha value is -1.16. The summed E-state index contributed by atoms with van der Waals surface area (Å²) in [5.41, 5.74) is 0.305. The van der Waals surface area contributed by atoms with Crippen LogP contribution in [-0.2, 0) is 0 Å². The molecule has 1 amide bonds. The zero-order valence-electron chi connectivity index (χ0n) is 13.1. The van der Waals surface area contributed by atoms with Crippen LogP contribution < -0.4 is 0 Å². The Labute approximate surface area is 126 Å². The van der Waals surface area contributed by atoms with Gasteiger partial charge in [-0.25, -0.2) is 9.97 Å². The van der Waals surface area contributed by atoms with Crippen molar-refractivity contribution in [1.82, 2.24) is 14.9 Å². The van der Waals surface area contributed by atoms with Crippen molar-refractivity contribution in [2.45, 2.75) is 53.5 Å². The van der Waals surface area contributed by atoms with E-state index in [4.69, 9.17) is 11.6 Å². The van der Waals surface area contributed by atoms with Crippen LogP contribution in [0, 0.1) is 5.92 Å². The molecule has 0 aliphatic heterocycles. The number of carbonyl (C=O) groups excluding carboxylic acids is 1. The minimum Gasteiger partial charge on any atom is -0.335 e. The van der Waals surface area contributed by atoms with E-state index in [1.54, 1.807) is 0 Å². The van der Waals surface area contributed by atoms with Gasteiger partial charge in [0, 0.05) is 18.5 Å². The molecule has 0 spiro atoms. The molecule has 0 atom stereocenters. The van der Waals surface area contributed by atoms with E-state index in [9.17, 15) is 4.79 Å². The number of hydrogen-bond acceptors (Lipinski definition) is 3. The lowest BCUT2D eigenvalue weighted by Gasteiger charge is -2.28. The van der Waals surface area contributed by atoms with Crippen molar-refractivity contribution in [3.05, 3.63) is 22.7 Å². The summed E-state index contributed by atoms with van der Waals surface area (Å²) in [5, 5.41) is 0.314. The maximum atomic E-state index is 12.7. The quantitative estimate of drug-likeness (QED) is 0.831. The average Bonchev–Trinajstić information content (AvgIpc) is 2.34. The molecule has 1 aromatic rings. The first-order valence-electron chi connectivity index (χ1n) is 7.07. The van der Waals surface area contributed by atoms with Crippen LogP contribution in [0.25, 0.3) is 0 Å². The first-order chi connectivity index (χ1) is 9.23. The Morgan fingerprint density at radius 3 is 2.30 bits per heavy atom. The van der Waals surface area contributed by atoms with Crippen molar-refractivity contribution >= 4 is 17.5 Å². The van der Waals surface area contributed by atoms with E-state index in [0.29, 0.717) is 29.0 Å². The Balaban J connectivity index is 3.14. The molecule has 112 valence electrons. The van der Waals surface area contributed by atoms with Crippen LogP contribution in [0.2, 0.25) is 5.02 Å². The monoisotopic (exact) mass is 297 g/mol. The molecule has 0 N–H and O–H groups in total. The number of amides is 1. The first kappa shape index (κ1) is 16.9. The van der Waals surface area contributed by atoms with Gasteiger partial charge in [0.1, 0.15) is 5.82 Å². The smallest absolute Gasteiger partial charge is 0.274 e. The molecule has 0 aromatic carbocycles. The summed E-state index contributed by atoms with van der Waals surface area (Å²) in [6.45, 7) is 12.8. The molecule has 0 aliphatic rings. The third-order valence-corrected chi connectivity index (χ3v) is 3.20. The van der Waals surface area contributed by atoms with Gasteiger partial charge < -0.3 is 4.90 Å². The summed E-state index contributed by atoms with van der Waals surface area (Å²) >= 11 is 6.11. The van der Waals surface area contributed by atoms with Gasteiger partial charge in [-0.05, 0) is 19.8 Å². The summed E-state index contributed by atoms with van der Waals surface area (Å²) < 4.78 is 0. The van der Waals surface area contributed by atoms with Gasteiger partial charge in [-0.1, -0.05) is 39.3 Å². The molecular weight excluding hydrogens is 274 g/mol. The molecule has 20 heavy (non-hydrogen) atoms. The van der Waals surface area contributed by atoms with Gasteiger partial charge >= 0.3 is 0 Å². The van der Waals surface area contributed by atoms with Gasteiger partial charge in [0.05, 0.1) is 11.2 Å². The molecule has 0 bridgehead atoms. The molecule has 1 heterocycles. The van der Waals surface area contributed by atoms with Crippen molar-refractivity contribution in [1.29, 1.82) is 0 Å². The maximum Gasteiger partial charge on any atom is 0.274 e. The summed E-state index contributed by atoms with van der Waals surface area (Å²) in [6.07, 6.45) is 1.52. The van der Waals surface area contributed by atoms with Gasteiger partial charge in [0.25, 0.3) is 5.91 Å². The number of aromatic nitrogens is 2. The number of rotatable bonds is 5. The predicted octanol–water partition coefficient (Wildman–Crippen LogP) is 3.76. The van der Waals surface area contributed by atoms with Crippen LogP contribution in [0.15, 0.2) is 6.20 Å². The molecule has 0 saturated heterocycles. The fraction of sp³-hybridized carbons (Fsp3) is 0.667. The highest BCUT2D eigenvalue weighted by molar-refractivity contribution is 6.33. The fourth-order valence-electron chi connectivity index (χ4n) is 1.87. The lowest BCUT2D eigenvalue weighted by atomic mass is 10.1. The molecule has 4 nitrogen and oxygen atoms in total. The molecule has 0 unspecified atom stereocenters. The van der Waals surface area contributed by atoms with Crippen LogP contribution in [-0.4, -0.2) is 33.4 Å². The molecule has 5 heteroatoms. The Bertz CT molecular complexity index is 472. The molecule has 0 aliphatic carbocycles. The Kier molecular flexibility index (Phi) is 5.93. The van der Waals surface area contributed by atoms with Crippen molar-refractivity contribution in [2.75, 3.05) is 6.54 Å². The average molecular weight is 298 g/mol. The van der Waals surface area contributed by atoms with Crippen LogP contribution in [0.4, 0.5) is 0 Å². The number of nitrogens with zero attached hydrogens (tertiary/aromatic N) is 3. The number of hydrogen-bond donors (Lipinski definition) is 0. The third-order valence-electron chi connectivity index (χ3n) is 2.93. The second-order valence-corrected chi connectivity index (χ2v) is 6.43. The molecular formula is C15H24ClN3O. The second kappa shape index (κ2) is 7.02. The molecule has 0 radical (unpaired) electrons. The van der Waals surface area contributed by atoms with Gasteiger partial charge in [-0.3, -0.25) is 4.79 Å². The lowest BCUT2D eigenvalue weighted by molar-refractivity contribution is 0.0675. The van der Waals surface area contributed by atoms with Gasteiger partial charge in [-0.15, -0.1) is 0 Å². The van der Waals surface area contributed by atoms with Gasteiger partial charge in [0.15, 0.2) is 5.69 Å². The summed E-state index contributed by atoms with van der Waals surface area (Å²) in [4.78, 5) is 23.0. The fourth-order valence-corrected chi connectivity index (χ4v) is 2.04. The molecule has 0 saturated carbocycles. The van der Waals surface area contributed by atoms with E-state index >= 15 is 0 Å². The van der Waals surface area contributed by atoms with Crippen LogP contribution >= 0.6 is 11.6 Å². The maximum absolute atomic E-state index is 12.7. The van der Waals surface area contributed by atoms with E-state index < -0.39 is 0 Å². The normalized spacial score (nSPS) is 11.5. The zero-order valence-corrected chi connectivity index (χ0v) is 13.9. The second-order valence-electron chi connectivity index (χ2n) is 6.02. The molecule has 1 rings (SSSR count). The SMILES string of the molecule is CC(C)CN(C(=O)c1nc(C(C)C)ncc1Cl)C(C)C. The van der Waals surface area contributed by atoms with Crippen molar-refractivity contribution in [3.63, 3.8) is 0 Å². The Morgan fingerprint density at radius 1 is 1.25 bits per heavy atom. The van der Waals surface area contributed by atoms with E-state index in [-0.39, 0.29) is 17.9 Å². The third kappa shape index (κ3) is 4.17. The van der Waals surface area contributed by atoms with Gasteiger partial charge in [0.2, 0.25) is 0 Å². The number of carbonyl (C=O) groups is 1. The zero-order chi connectivity index (χ0) is 15.4. The van der Waals surface area contributed by atoms with Crippen molar-refractivity contribution < 1.29 is 4.79 Å². The van der Waals surface area contributed by atoms with E-state index in [0.717, 1.165) is 0 Å². The lowest BCUT2D eigenvalue weighted by Crippen LogP contribution is -2.40. The number of halogens is 1.